The van der Waals surface area contributed by atoms with Gasteiger partial charge < -0.3 is 0 Å². The Bertz CT molecular complexity index is 384. The summed E-state index contributed by atoms with van der Waals surface area (Å²) < 4.78 is 2.07. The summed E-state index contributed by atoms with van der Waals surface area (Å²) in [6, 6.07) is 2.79. The van der Waals surface area contributed by atoms with Crippen LogP contribution in [0.15, 0.2) is 6.20 Å². The van der Waals surface area contributed by atoms with Crippen LogP contribution < -0.4 is 0 Å². The summed E-state index contributed by atoms with van der Waals surface area (Å²) in [6.07, 6.45) is 6.09. The highest BCUT2D eigenvalue weighted by Gasteiger charge is 2.21. The van der Waals surface area contributed by atoms with E-state index in [2.05, 4.69) is 29.7 Å². The molecule has 1 aliphatic rings. The predicted octanol–water partition coefficient (Wildman–Crippen LogP) is 2.48. The second kappa shape index (κ2) is 4.06. The van der Waals surface area contributed by atoms with Crippen molar-refractivity contribution in [1.29, 1.82) is 5.26 Å². The Hall–Kier alpha value is -1.30. The van der Waals surface area contributed by atoms with Crippen molar-refractivity contribution in [3.63, 3.8) is 0 Å². The topological polar surface area (TPSA) is 41.6 Å². The van der Waals surface area contributed by atoms with Crippen molar-refractivity contribution in [2.45, 2.75) is 45.6 Å². The van der Waals surface area contributed by atoms with E-state index in [1.165, 1.54) is 11.3 Å². The normalized spacial score (nSPS) is 20.8. The highest BCUT2D eigenvalue weighted by atomic mass is 15.3. The molecule has 0 fully saturated rings. The molecule has 0 bridgehead atoms. The molecular formula is C12H17N3. The lowest BCUT2D eigenvalue weighted by Crippen LogP contribution is -2.11. The fourth-order valence-electron chi connectivity index (χ4n) is 2.29. The van der Waals surface area contributed by atoms with E-state index in [9.17, 15) is 0 Å². The van der Waals surface area contributed by atoms with Gasteiger partial charge in [-0.2, -0.15) is 10.4 Å². The zero-order valence-corrected chi connectivity index (χ0v) is 9.40. The molecule has 80 valence electrons. The largest absolute Gasteiger partial charge is 0.267 e. The number of hydrogen-bond acceptors (Lipinski definition) is 2. The lowest BCUT2D eigenvalue weighted by atomic mass is 10.0. The molecule has 1 atom stereocenters. The van der Waals surface area contributed by atoms with Gasteiger partial charge in [0.2, 0.25) is 0 Å². The number of aromatic nitrogens is 2. The fourth-order valence-corrected chi connectivity index (χ4v) is 2.29. The first-order valence-corrected chi connectivity index (χ1v) is 5.67. The first-order valence-electron chi connectivity index (χ1n) is 5.67. The lowest BCUT2D eigenvalue weighted by molar-refractivity contribution is 0.488. The summed E-state index contributed by atoms with van der Waals surface area (Å²) >= 11 is 0. The molecule has 0 N–H and O–H groups in total. The molecule has 0 unspecified atom stereocenters. The van der Waals surface area contributed by atoms with Crippen LogP contribution in [0.5, 0.6) is 0 Å². The van der Waals surface area contributed by atoms with E-state index in [1.807, 2.05) is 6.20 Å². The summed E-state index contributed by atoms with van der Waals surface area (Å²) in [4.78, 5) is 0. The van der Waals surface area contributed by atoms with Crippen molar-refractivity contribution in [2.75, 3.05) is 0 Å². The maximum atomic E-state index is 9.03. The third-order valence-corrected chi connectivity index (χ3v) is 3.10. The summed E-state index contributed by atoms with van der Waals surface area (Å²) in [7, 11) is 0. The Labute approximate surface area is 90.7 Å². The molecule has 1 aliphatic carbocycles. The molecule has 0 amide bonds. The van der Waals surface area contributed by atoms with E-state index in [0.29, 0.717) is 6.04 Å². The van der Waals surface area contributed by atoms with Gasteiger partial charge in [0.15, 0.2) is 0 Å². The van der Waals surface area contributed by atoms with Crippen molar-refractivity contribution in [3.8, 4) is 6.07 Å². The van der Waals surface area contributed by atoms with E-state index in [4.69, 9.17) is 5.26 Å². The van der Waals surface area contributed by atoms with Crippen LogP contribution in [0.4, 0.5) is 0 Å². The minimum absolute atomic E-state index is 0.181. The SMILES string of the molecule is CC(C)n1ncc2c1C[C@@H](C#N)CCC2. The highest BCUT2D eigenvalue weighted by molar-refractivity contribution is 5.21. The van der Waals surface area contributed by atoms with Gasteiger partial charge in [0.05, 0.1) is 18.2 Å². The molecule has 15 heavy (non-hydrogen) atoms. The summed E-state index contributed by atoms with van der Waals surface area (Å²) in [5, 5.41) is 13.4. The van der Waals surface area contributed by atoms with Crippen molar-refractivity contribution < 1.29 is 0 Å². The molecule has 1 aromatic rings. The zero-order valence-electron chi connectivity index (χ0n) is 9.40. The monoisotopic (exact) mass is 203 g/mol. The Morgan fingerprint density at radius 2 is 2.40 bits per heavy atom. The standard InChI is InChI=1S/C12H17N3/c1-9(2)15-12-6-10(7-13)4-3-5-11(12)8-14-15/h8-10H,3-6H2,1-2H3/t10-/m0/s1. The summed E-state index contributed by atoms with van der Waals surface area (Å²) in [6.45, 7) is 4.28. The van der Waals surface area contributed by atoms with Crippen LogP contribution in [0, 0.1) is 17.2 Å². The summed E-state index contributed by atoms with van der Waals surface area (Å²) in [5.74, 6) is 0.181. The van der Waals surface area contributed by atoms with Gasteiger partial charge in [-0.3, -0.25) is 4.68 Å². The quantitative estimate of drug-likeness (QED) is 0.658. The van der Waals surface area contributed by atoms with E-state index < -0.39 is 0 Å². The minimum atomic E-state index is 0.181. The number of aryl methyl sites for hydroxylation is 1. The van der Waals surface area contributed by atoms with Gasteiger partial charge in [0.25, 0.3) is 0 Å². The Morgan fingerprint density at radius 1 is 1.60 bits per heavy atom. The fraction of sp³-hybridized carbons (Fsp3) is 0.667. The van der Waals surface area contributed by atoms with Crippen LogP contribution in [0.2, 0.25) is 0 Å². The molecule has 3 heteroatoms. The van der Waals surface area contributed by atoms with Gasteiger partial charge in [-0.25, -0.2) is 0 Å². The van der Waals surface area contributed by atoms with Crippen LogP contribution in [0.1, 0.15) is 44.0 Å². The third kappa shape index (κ3) is 1.90. The lowest BCUT2D eigenvalue weighted by Gasteiger charge is -2.12. The van der Waals surface area contributed by atoms with Crippen LogP contribution in [0.3, 0.4) is 0 Å². The predicted molar refractivity (Wildman–Crippen MR) is 58.4 cm³/mol. The maximum Gasteiger partial charge on any atom is 0.0659 e. The van der Waals surface area contributed by atoms with E-state index in [-0.39, 0.29) is 5.92 Å². The van der Waals surface area contributed by atoms with Crippen LogP contribution in [0.25, 0.3) is 0 Å². The average Bonchev–Trinajstić information content (AvgIpc) is 2.49. The minimum Gasteiger partial charge on any atom is -0.267 e. The van der Waals surface area contributed by atoms with Crippen molar-refractivity contribution in [1.82, 2.24) is 9.78 Å². The molecule has 0 radical (unpaired) electrons. The molecule has 2 rings (SSSR count). The van der Waals surface area contributed by atoms with Crippen LogP contribution in [-0.4, -0.2) is 9.78 Å². The third-order valence-electron chi connectivity index (χ3n) is 3.10. The number of nitriles is 1. The molecule has 0 aromatic carbocycles. The highest BCUT2D eigenvalue weighted by Crippen LogP contribution is 2.25. The van der Waals surface area contributed by atoms with Gasteiger partial charge in [-0.1, -0.05) is 0 Å². The zero-order chi connectivity index (χ0) is 10.8. The molecule has 0 saturated heterocycles. The van der Waals surface area contributed by atoms with E-state index >= 15 is 0 Å². The first kappa shape index (κ1) is 10.2. The second-order valence-electron chi connectivity index (χ2n) is 4.58. The van der Waals surface area contributed by atoms with Gasteiger partial charge in [-0.15, -0.1) is 0 Å². The molecule has 3 nitrogen and oxygen atoms in total. The van der Waals surface area contributed by atoms with Crippen molar-refractivity contribution in [2.24, 2.45) is 5.92 Å². The van der Waals surface area contributed by atoms with Crippen molar-refractivity contribution >= 4 is 0 Å². The van der Waals surface area contributed by atoms with Crippen LogP contribution >= 0.6 is 0 Å². The Morgan fingerprint density at radius 3 is 3.07 bits per heavy atom. The average molecular weight is 203 g/mol. The molecule has 1 heterocycles. The maximum absolute atomic E-state index is 9.03. The number of hydrogen-bond donors (Lipinski definition) is 0. The Balaban J connectivity index is 2.35. The number of fused-ring (bicyclic) bond motifs is 1. The molecule has 1 aromatic heterocycles. The second-order valence-corrected chi connectivity index (χ2v) is 4.58. The Kier molecular flexibility index (Phi) is 2.77. The van der Waals surface area contributed by atoms with E-state index in [0.717, 1.165) is 25.7 Å². The van der Waals surface area contributed by atoms with Crippen molar-refractivity contribution in [3.05, 3.63) is 17.5 Å². The molecular weight excluding hydrogens is 186 g/mol. The number of nitrogens with zero attached hydrogens (tertiary/aromatic N) is 3. The number of rotatable bonds is 1. The summed E-state index contributed by atoms with van der Waals surface area (Å²) in [5.41, 5.74) is 2.63. The molecule has 0 aliphatic heterocycles. The van der Waals surface area contributed by atoms with Gasteiger partial charge in [0.1, 0.15) is 0 Å². The van der Waals surface area contributed by atoms with E-state index in [1.54, 1.807) is 0 Å². The van der Waals surface area contributed by atoms with Gasteiger partial charge >= 0.3 is 0 Å². The molecule has 0 saturated carbocycles. The van der Waals surface area contributed by atoms with Crippen LogP contribution in [-0.2, 0) is 12.8 Å². The van der Waals surface area contributed by atoms with Gasteiger partial charge in [0, 0.05) is 18.2 Å². The van der Waals surface area contributed by atoms with Gasteiger partial charge in [-0.05, 0) is 38.7 Å². The molecule has 0 spiro atoms. The first-order chi connectivity index (χ1) is 7.22. The smallest absolute Gasteiger partial charge is 0.0659 e.